The van der Waals surface area contributed by atoms with Gasteiger partial charge in [0.1, 0.15) is 0 Å². The van der Waals surface area contributed by atoms with Crippen LogP contribution in [0.5, 0.6) is 0 Å². The number of aliphatic imine (C=N–C) groups is 1. The van der Waals surface area contributed by atoms with Gasteiger partial charge in [-0.2, -0.15) is 0 Å². The van der Waals surface area contributed by atoms with E-state index in [1.807, 2.05) is 0 Å². The van der Waals surface area contributed by atoms with Crippen molar-refractivity contribution in [2.75, 3.05) is 47.8 Å². The molecule has 0 amide bonds. The van der Waals surface area contributed by atoms with Crippen molar-refractivity contribution in [2.24, 2.45) is 4.99 Å². The van der Waals surface area contributed by atoms with Crippen molar-refractivity contribution < 1.29 is 0 Å². The lowest BCUT2D eigenvalue weighted by Crippen LogP contribution is -2.43. The summed E-state index contributed by atoms with van der Waals surface area (Å²) < 4.78 is 0. The van der Waals surface area contributed by atoms with Crippen LogP contribution in [0.25, 0.3) is 0 Å². The Morgan fingerprint density at radius 2 is 1.80 bits per heavy atom. The first kappa shape index (κ1) is 20.0. The number of guanidine groups is 1. The number of rotatable bonds is 5. The van der Waals surface area contributed by atoms with Crippen molar-refractivity contribution in [2.45, 2.75) is 45.1 Å². The number of nitrogens with zero attached hydrogens (tertiary/aromatic N) is 4. The second kappa shape index (κ2) is 10.7. The van der Waals surface area contributed by atoms with E-state index in [2.05, 4.69) is 49.8 Å². The number of piperidine rings is 1. The van der Waals surface area contributed by atoms with Crippen LogP contribution in [0.1, 0.15) is 39.0 Å². The highest BCUT2D eigenvalue weighted by Gasteiger charge is 2.21. The molecule has 5 heteroatoms. The first-order valence-electron chi connectivity index (χ1n) is 7.69. The molecule has 0 aliphatic carbocycles. The van der Waals surface area contributed by atoms with Crippen LogP contribution in [0.2, 0.25) is 0 Å². The molecule has 1 aliphatic heterocycles. The van der Waals surface area contributed by atoms with Gasteiger partial charge in [0.05, 0.1) is 6.54 Å². The van der Waals surface area contributed by atoms with Gasteiger partial charge in [0.2, 0.25) is 0 Å². The summed E-state index contributed by atoms with van der Waals surface area (Å²) in [4.78, 5) is 11.7. The maximum atomic E-state index is 4.83. The van der Waals surface area contributed by atoms with Crippen LogP contribution in [0.15, 0.2) is 4.99 Å². The molecule has 0 N–H and O–H groups in total. The summed E-state index contributed by atoms with van der Waals surface area (Å²) in [6.45, 7) is 5.72. The molecule has 1 heterocycles. The first-order valence-corrected chi connectivity index (χ1v) is 7.69. The van der Waals surface area contributed by atoms with Crippen LogP contribution < -0.4 is 0 Å². The molecular formula is C15H33IN4. The summed E-state index contributed by atoms with van der Waals surface area (Å²) in [5.41, 5.74) is 0. The van der Waals surface area contributed by atoms with Crippen LogP contribution in [0.4, 0.5) is 0 Å². The number of hydrogen-bond donors (Lipinski definition) is 0. The Balaban J connectivity index is 0.00000361. The SMILES string of the molecule is CCCCN1CCCCC1CN=C(N(C)C)N(C)C.I. The fraction of sp³-hybridized carbons (Fsp3) is 0.933. The molecule has 0 bridgehead atoms. The van der Waals surface area contributed by atoms with Gasteiger partial charge in [0, 0.05) is 34.2 Å². The molecule has 1 atom stereocenters. The van der Waals surface area contributed by atoms with Gasteiger partial charge in [-0.05, 0) is 32.4 Å². The molecule has 1 fully saturated rings. The quantitative estimate of drug-likeness (QED) is 0.405. The minimum Gasteiger partial charge on any atom is -0.349 e. The number of halogens is 1. The molecule has 0 aromatic carbocycles. The van der Waals surface area contributed by atoms with E-state index < -0.39 is 0 Å². The van der Waals surface area contributed by atoms with Gasteiger partial charge in [0.15, 0.2) is 5.96 Å². The molecule has 1 rings (SSSR count). The van der Waals surface area contributed by atoms with E-state index in [1.165, 1.54) is 45.2 Å². The Bertz CT molecular complexity index is 269. The van der Waals surface area contributed by atoms with Crippen molar-refractivity contribution in [1.82, 2.24) is 14.7 Å². The molecule has 4 nitrogen and oxygen atoms in total. The van der Waals surface area contributed by atoms with E-state index in [4.69, 9.17) is 4.99 Å². The highest BCUT2D eigenvalue weighted by atomic mass is 127. The van der Waals surface area contributed by atoms with Crippen molar-refractivity contribution in [1.29, 1.82) is 0 Å². The minimum atomic E-state index is 0. The molecule has 20 heavy (non-hydrogen) atoms. The van der Waals surface area contributed by atoms with Gasteiger partial charge in [-0.3, -0.25) is 9.89 Å². The largest absolute Gasteiger partial charge is 0.349 e. The summed E-state index contributed by atoms with van der Waals surface area (Å²) in [6.07, 6.45) is 6.63. The van der Waals surface area contributed by atoms with Gasteiger partial charge in [-0.1, -0.05) is 19.8 Å². The smallest absolute Gasteiger partial charge is 0.195 e. The van der Waals surface area contributed by atoms with E-state index in [9.17, 15) is 0 Å². The van der Waals surface area contributed by atoms with E-state index in [-0.39, 0.29) is 24.0 Å². The zero-order valence-corrected chi connectivity index (χ0v) is 16.3. The summed E-state index contributed by atoms with van der Waals surface area (Å²) >= 11 is 0. The summed E-state index contributed by atoms with van der Waals surface area (Å²) in [5.74, 6) is 1.07. The van der Waals surface area contributed by atoms with Crippen molar-refractivity contribution in [3.8, 4) is 0 Å². The Hall–Kier alpha value is -0.0400. The molecule has 0 radical (unpaired) electrons. The van der Waals surface area contributed by atoms with Gasteiger partial charge in [-0.15, -0.1) is 24.0 Å². The standard InChI is InChI=1S/C15H32N4.HI/c1-6-7-11-19-12-9-8-10-14(19)13-16-15(17(2)3)18(4)5;/h14H,6-13H2,1-5H3;1H. The Labute approximate surface area is 142 Å². The predicted octanol–water partition coefficient (Wildman–Crippen LogP) is 2.74. The van der Waals surface area contributed by atoms with Crippen molar-refractivity contribution in [3.05, 3.63) is 0 Å². The average Bonchev–Trinajstić information content (AvgIpc) is 2.37. The lowest BCUT2D eigenvalue weighted by atomic mass is 10.0. The zero-order chi connectivity index (χ0) is 14.3. The molecule has 1 saturated heterocycles. The van der Waals surface area contributed by atoms with Crippen molar-refractivity contribution in [3.63, 3.8) is 0 Å². The van der Waals surface area contributed by atoms with Gasteiger partial charge >= 0.3 is 0 Å². The topological polar surface area (TPSA) is 22.1 Å². The summed E-state index contributed by atoms with van der Waals surface area (Å²) in [6, 6.07) is 0.648. The molecule has 1 unspecified atom stereocenters. The molecular weight excluding hydrogens is 363 g/mol. The maximum absolute atomic E-state index is 4.83. The number of likely N-dealkylation sites (tertiary alicyclic amines) is 1. The fourth-order valence-corrected chi connectivity index (χ4v) is 2.79. The molecule has 0 spiro atoms. The Kier molecular flexibility index (Phi) is 10.6. The van der Waals surface area contributed by atoms with Crippen molar-refractivity contribution >= 4 is 29.9 Å². The predicted molar refractivity (Wildman–Crippen MR) is 99.2 cm³/mol. The van der Waals surface area contributed by atoms with Crippen LogP contribution >= 0.6 is 24.0 Å². The second-order valence-electron chi connectivity index (χ2n) is 5.97. The number of hydrogen-bond acceptors (Lipinski definition) is 2. The zero-order valence-electron chi connectivity index (χ0n) is 13.9. The summed E-state index contributed by atoms with van der Waals surface area (Å²) in [7, 11) is 8.26. The van der Waals surface area contributed by atoms with Crippen LogP contribution in [0.3, 0.4) is 0 Å². The first-order chi connectivity index (χ1) is 9.06. The van der Waals surface area contributed by atoms with Crippen LogP contribution in [-0.4, -0.2) is 74.5 Å². The summed E-state index contributed by atoms with van der Waals surface area (Å²) in [5, 5.41) is 0. The van der Waals surface area contributed by atoms with Gasteiger partial charge < -0.3 is 9.80 Å². The Morgan fingerprint density at radius 1 is 1.15 bits per heavy atom. The number of unbranched alkanes of at least 4 members (excludes halogenated alkanes) is 1. The maximum Gasteiger partial charge on any atom is 0.195 e. The lowest BCUT2D eigenvalue weighted by Gasteiger charge is -2.35. The molecule has 0 saturated carbocycles. The van der Waals surface area contributed by atoms with E-state index in [0.29, 0.717) is 6.04 Å². The third-order valence-electron chi connectivity index (χ3n) is 3.79. The van der Waals surface area contributed by atoms with Crippen LogP contribution in [0, 0.1) is 0 Å². The molecule has 120 valence electrons. The fourth-order valence-electron chi connectivity index (χ4n) is 2.79. The highest BCUT2D eigenvalue weighted by Crippen LogP contribution is 2.18. The van der Waals surface area contributed by atoms with Crippen LogP contribution in [-0.2, 0) is 0 Å². The van der Waals surface area contributed by atoms with E-state index >= 15 is 0 Å². The average molecular weight is 396 g/mol. The van der Waals surface area contributed by atoms with Gasteiger partial charge in [-0.25, -0.2) is 0 Å². The Morgan fingerprint density at radius 3 is 2.35 bits per heavy atom. The van der Waals surface area contributed by atoms with E-state index in [1.54, 1.807) is 0 Å². The molecule has 0 aromatic rings. The normalized spacial score (nSPS) is 19.1. The van der Waals surface area contributed by atoms with Gasteiger partial charge in [0.25, 0.3) is 0 Å². The third-order valence-corrected chi connectivity index (χ3v) is 3.79. The monoisotopic (exact) mass is 396 g/mol. The lowest BCUT2D eigenvalue weighted by molar-refractivity contribution is 0.151. The molecule has 0 aromatic heterocycles. The highest BCUT2D eigenvalue weighted by molar-refractivity contribution is 14.0. The molecule has 1 aliphatic rings. The van der Waals surface area contributed by atoms with E-state index in [0.717, 1.165) is 12.5 Å². The third kappa shape index (κ3) is 6.61. The second-order valence-corrected chi connectivity index (χ2v) is 5.97. The minimum absolute atomic E-state index is 0.